The molecule has 0 fully saturated rings. The fraction of sp³-hybridized carbons (Fsp3) is 0.538. The lowest BCUT2D eigenvalue weighted by Crippen LogP contribution is -2.27. The van der Waals surface area contributed by atoms with Gasteiger partial charge in [-0.05, 0) is 50.8 Å². The zero-order valence-electron chi connectivity index (χ0n) is 9.65. The van der Waals surface area contributed by atoms with Crippen molar-refractivity contribution in [3.05, 3.63) is 23.3 Å². The highest BCUT2D eigenvalue weighted by atomic mass is 15.0. The molecule has 2 aliphatic rings. The van der Waals surface area contributed by atoms with Gasteiger partial charge in [-0.3, -0.25) is 0 Å². The molecule has 0 radical (unpaired) electrons. The summed E-state index contributed by atoms with van der Waals surface area (Å²) in [6.45, 7) is 6.75. The fourth-order valence-electron chi connectivity index (χ4n) is 2.79. The molecular formula is C13H18N2. The molecule has 1 aromatic rings. The van der Waals surface area contributed by atoms with Gasteiger partial charge in [-0.25, -0.2) is 0 Å². The van der Waals surface area contributed by atoms with Crippen LogP contribution in [0, 0.1) is 0 Å². The van der Waals surface area contributed by atoms with Crippen molar-refractivity contribution < 1.29 is 0 Å². The van der Waals surface area contributed by atoms with E-state index in [1.54, 1.807) is 0 Å². The van der Waals surface area contributed by atoms with Crippen LogP contribution in [0.4, 0.5) is 11.4 Å². The van der Waals surface area contributed by atoms with Gasteiger partial charge in [0.1, 0.15) is 0 Å². The normalized spacial score (nSPS) is 25.4. The second kappa shape index (κ2) is 2.69. The van der Waals surface area contributed by atoms with Gasteiger partial charge >= 0.3 is 0 Å². The Morgan fingerprint density at radius 1 is 1.20 bits per heavy atom. The van der Waals surface area contributed by atoms with Crippen LogP contribution in [0.25, 0.3) is 0 Å². The maximum atomic E-state index is 3.58. The maximum absolute atomic E-state index is 3.58. The van der Waals surface area contributed by atoms with Gasteiger partial charge < -0.3 is 10.6 Å². The molecule has 0 aromatic heterocycles. The second-order valence-electron chi connectivity index (χ2n) is 5.60. The molecule has 0 bridgehead atoms. The topological polar surface area (TPSA) is 24.1 Å². The number of rotatable bonds is 0. The van der Waals surface area contributed by atoms with E-state index in [9.17, 15) is 0 Å². The minimum Gasteiger partial charge on any atom is -0.382 e. The minimum absolute atomic E-state index is 0.225. The van der Waals surface area contributed by atoms with Crippen LogP contribution in [0.15, 0.2) is 12.1 Å². The Labute approximate surface area is 91.1 Å². The van der Waals surface area contributed by atoms with E-state index in [2.05, 4.69) is 43.5 Å². The molecule has 3 rings (SSSR count). The van der Waals surface area contributed by atoms with Crippen molar-refractivity contribution >= 4 is 11.4 Å². The molecule has 1 unspecified atom stereocenters. The zero-order chi connectivity index (χ0) is 10.6. The summed E-state index contributed by atoms with van der Waals surface area (Å²) < 4.78 is 0. The smallest absolute Gasteiger partial charge is 0.0398 e. The molecule has 1 aromatic carbocycles. The Kier molecular flexibility index (Phi) is 1.63. The predicted octanol–water partition coefficient (Wildman–Crippen LogP) is 2.79. The van der Waals surface area contributed by atoms with Crippen molar-refractivity contribution in [3.8, 4) is 0 Å². The van der Waals surface area contributed by atoms with Crippen LogP contribution in [0.5, 0.6) is 0 Å². The van der Waals surface area contributed by atoms with Crippen LogP contribution < -0.4 is 10.6 Å². The molecule has 15 heavy (non-hydrogen) atoms. The lowest BCUT2D eigenvalue weighted by Gasteiger charge is -2.18. The summed E-state index contributed by atoms with van der Waals surface area (Å²) in [6.07, 6.45) is 2.31. The highest BCUT2D eigenvalue weighted by Gasteiger charge is 2.29. The molecule has 2 nitrogen and oxygen atoms in total. The number of anilines is 2. The van der Waals surface area contributed by atoms with Crippen molar-refractivity contribution in [3.63, 3.8) is 0 Å². The highest BCUT2D eigenvalue weighted by molar-refractivity contribution is 5.71. The van der Waals surface area contributed by atoms with Crippen LogP contribution in [-0.2, 0) is 12.8 Å². The molecule has 0 spiro atoms. The highest BCUT2D eigenvalue weighted by Crippen LogP contribution is 2.38. The standard InChI is InChI=1S/C13H18N2/c1-8-4-9-5-10-7-13(2,3)15-12(10)6-11(9)14-8/h5-6,8,14-15H,4,7H2,1-3H3. The minimum atomic E-state index is 0.225. The molecule has 2 N–H and O–H groups in total. The number of fused-ring (bicyclic) bond motifs is 2. The molecule has 1 atom stereocenters. The Balaban J connectivity index is 2.03. The van der Waals surface area contributed by atoms with E-state index in [4.69, 9.17) is 0 Å². The number of benzene rings is 1. The third-order valence-electron chi connectivity index (χ3n) is 3.36. The van der Waals surface area contributed by atoms with Crippen molar-refractivity contribution in [2.75, 3.05) is 10.6 Å². The summed E-state index contributed by atoms with van der Waals surface area (Å²) in [5, 5.41) is 7.09. The van der Waals surface area contributed by atoms with Gasteiger partial charge in [-0.1, -0.05) is 6.07 Å². The number of hydrogen-bond acceptors (Lipinski definition) is 2. The lowest BCUT2D eigenvalue weighted by molar-refractivity contribution is 0.594. The van der Waals surface area contributed by atoms with Gasteiger partial charge in [-0.2, -0.15) is 0 Å². The van der Waals surface area contributed by atoms with Gasteiger partial charge in [0.05, 0.1) is 0 Å². The molecule has 0 aliphatic carbocycles. The lowest BCUT2D eigenvalue weighted by atomic mass is 9.98. The average Bonchev–Trinajstić information content (AvgIpc) is 2.55. The first-order valence-electron chi connectivity index (χ1n) is 5.74. The van der Waals surface area contributed by atoms with Crippen LogP contribution in [0.3, 0.4) is 0 Å². The van der Waals surface area contributed by atoms with Gasteiger partial charge in [-0.15, -0.1) is 0 Å². The molecule has 0 amide bonds. The number of nitrogens with one attached hydrogen (secondary N) is 2. The second-order valence-corrected chi connectivity index (χ2v) is 5.60. The summed E-state index contributed by atoms with van der Waals surface area (Å²) >= 11 is 0. The Morgan fingerprint density at radius 3 is 2.80 bits per heavy atom. The molecule has 0 saturated carbocycles. The van der Waals surface area contributed by atoms with E-state index < -0.39 is 0 Å². The molecule has 2 heteroatoms. The van der Waals surface area contributed by atoms with E-state index in [0.29, 0.717) is 6.04 Å². The summed E-state index contributed by atoms with van der Waals surface area (Å²) in [6, 6.07) is 5.25. The summed E-state index contributed by atoms with van der Waals surface area (Å²) in [7, 11) is 0. The number of hydrogen-bond donors (Lipinski definition) is 2. The van der Waals surface area contributed by atoms with Crippen LogP contribution in [-0.4, -0.2) is 11.6 Å². The van der Waals surface area contributed by atoms with Gasteiger partial charge in [0, 0.05) is 23.0 Å². The van der Waals surface area contributed by atoms with Crippen molar-refractivity contribution in [1.82, 2.24) is 0 Å². The first-order chi connectivity index (χ1) is 7.03. The van der Waals surface area contributed by atoms with Crippen LogP contribution in [0.2, 0.25) is 0 Å². The monoisotopic (exact) mass is 202 g/mol. The van der Waals surface area contributed by atoms with Gasteiger partial charge in [0.2, 0.25) is 0 Å². The fourth-order valence-corrected chi connectivity index (χ4v) is 2.79. The Hall–Kier alpha value is -1.18. The molecule has 2 heterocycles. The predicted molar refractivity (Wildman–Crippen MR) is 64.6 cm³/mol. The van der Waals surface area contributed by atoms with Gasteiger partial charge in [0.15, 0.2) is 0 Å². The SMILES string of the molecule is CC1Cc2cc3c(cc2N1)NC(C)(C)C3. The molecular weight excluding hydrogens is 184 g/mol. The average molecular weight is 202 g/mol. The molecule has 80 valence electrons. The van der Waals surface area contributed by atoms with Crippen molar-refractivity contribution in [2.45, 2.75) is 45.2 Å². The van der Waals surface area contributed by atoms with Crippen molar-refractivity contribution in [2.24, 2.45) is 0 Å². The quantitative estimate of drug-likeness (QED) is 0.676. The summed E-state index contributed by atoms with van der Waals surface area (Å²) in [5.74, 6) is 0. The Bertz CT molecular complexity index is 384. The van der Waals surface area contributed by atoms with E-state index >= 15 is 0 Å². The molecule has 0 saturated heterocycles. The third kappa shape index (κ3) is 1.39. The maximum Gasteiger partial charge on any atom is 0.0398 e. The zero-order valence-corrected chi connectivity index (χ0v) is 9.65. The van der Waals surface area contributed by atoms with Crippen molar-refractivity contribution in [1.29, 1.82) is 0 Å². The van der Waals surface area contributed by atoms with E-state index in [0.717, 1.165) is 6.42 Å². The summed E-state index contributed by atoms with van der Waals surface area (Å²) in [5.41, 5.74) is 5.84. The first kappa shape index (κ1) is 9.08. The van der Waals surface area contributed by atoms with E-state index in [-0.39, 0.29) is 5.54 Å². The summed E-state index contributed by atoms with van der Waals surface area (Å²) in [4.78, 5) is 0. The van der Waals surface area contributed by atoms with E-state index in [1.807, 2.05) is 0 Å². The van der Waals surface area contributed by atoms with Crippen LogP contribution >= 0.6 is 0 Å². The van der Waals surface area contributed by atoms with Gasteiger partial charge in [0.25, 0.3) is 0 Å². The first-order valence-corrected chi connectivity index (χ1v) is 5.74. The third-order valence-corrected chi connectivity index (χ3v) is 3.36. The van der Waals surface area contributed by atoms with E-state index in [1.165, 1.54) is 28.9 Å². The Morgan fingerprint density at radius 2 is 2.00 bits per heavy atom. The largest absolute Gasteiger partial charge is 0.382 e. The molecule has 2 aliphatic heterocycles. The van der Waals surface area contributed by atoms with Crippen LogP contribution in [0.1, 0.15) is 31.9 Å².